The van der Waals surface area contributed by atoms with Crippen LogP contribution in [0.4, 0.5) is 0 Å². The molecule has 1 heterocycles. The summed E-state index contributed by atoms with van der Waals surface area (Å²) in [6.45, 7) is 7.43. The van der Waals surface area contributed by atoms with Gasteiger partial charge in [-0.1, -0.05) is 60.7 Å². The topological polar surface area (TPSA) is 32.3 Å². The van der Waals surface area contributed by atoms with E-state index in [9.17, 15) is 4.79 Å². The Morgan fingerprint density at radius 2 is 1.46 bits per heavy atom. The zero-order chi connectivity index (χ0) is 18.4. The monoisotopic (exact) mass is 350 g/mol. The third kappa shape index (κ3) is 4.73. The Morgan fingerprint density at radius 1 is 0.962 bits per heavy atom. The largest absolute Gasteiger partial charge is 0.354 e. The maximum Gasteiger partial charge on any atom is 0.221 e. The summed E-state index contributed by atoms with van der Waals surface area (Å²) in [5, 5.41) is 3.19. The van der Waals surface area contributed by atoms with Gasteiger partial charge in [0.05, 0.1) is 0 Å². The Bertz CT molecular complexity index is 651. The molecule has 2 aromatic rings. The lowest BCUT2D eigenvalue weighted by Crippen LogP contribution is -2.50. The number of benzene rings is 2. The normalized spacial score (nSPS) is 15.3. The number of carbonyl (C=O) groups excluding carboxylic acids is 1. The van der Waals surface area contributed by atoms with Crippen LogP contribution in [-0.4, -0.2) is 36.0 Å². The van der Waals surface area contributed by atoms with Crippen LogP contribution in [0.25, 0.3) is 0 Å². The summed E-state index contributed by atoms with van der Waals surface area (Å²) in [5.41, 5.74) is 2.39. The van der Waals surface area contributed by atoms with E-state index in [-0.39, 0.29) is 17.4 Å². The molecule has 138 valence electrons. The minimum absolute atomic E-state index is 0.0150. The number of likely N-dealkylation sites (tertiary alicyclic amines) is 1. The molecule has 26 heavy (non-hydrogen) atoms. The van der Waals surface area contributed by atoms with Crippen LogP contribution < -0.4 is 5.32 Å². The van der Waals surface area contributed by atoms with Crippen LogP contribution in [0, 0.1) is 0 Å². The summed E-state index contributed by atoms with van der Waals surface area (Å²) >= 11 is 0. The highest BCUT2D eigenvalue weighted by Gasteiger charge is 2.29. The molecule has 3 heteroatoms. The van der Waals surface area contributed by atoms with Crippen LogP contribution in [0.5, 0.6) is 0 Å². The Balaban J connectivity index is 1.66. The summed E-state index contributed by atoms with van der Waals surface area (Å²) in [5.74, 6) is 0.210. The molecule has 1 saturated heterocycles. The summed E-state index contributed by atoms with van der Waals surface area (Å²) in [4.78, 5) is 15.2. The second kappa shape index (κ2) is 8.50. The second-order valence-electron chi connectivity index (χ2n) is 7.86. The van der Waals surface area contributed by atoms with Crippen LogP contribution in [0.1, 0.15) is 50.2 Å². The SMILES string of the molecule is CC(C)(CNC(=O)CC(c1ccccc1)c1ccccc1)N1CCCC1. The molecule has 1 aliphatic heterocycles. The van der Waals surface area contributed by atoms with Gasteiger partial charge in [-0.2, -0.15) is 0 Å². The van der Waals surface area contributed by atoms with Gasteiger partial charge in [0.25, 0.3) is 0 Å². The molecule has 0 saturated carbocycles. The molecule has 0 radical (unpaired) electrons. The molecule has 0 spiro atoms. The number of nitrogens with zero attached hydrogens (tertiary/aromatic N) is 1. The quantitative estimate of drug-likeness (QED) is 0.812. The number of amides is 1. The molecular weight excluding hydrogens is 320 g/mol. The van der Waals surface area contributed by atoms with Crippen molar-refractivity contribution in [1.82, 2.24) is 10.2 Å². The van der Waals surface area contributed by atoms with Crippen molar-refractivity contribution in [3.8, 4) is 0 Å². The van der Waals surface area contributed by atoms with Crippen molar-refractivity contribution in [1.29, 1.82) is 0 Å². The van der Waals surface area contributed by atoms with Gasteiger partial charge in [0, 0.05) is 24.4 Å². The van der Waals surface area contributed by atoms with Crippen LogP contribution in [0.15, 0.2) is 60.7 Å². The first kappa shape index (κ1) is 18.7. The molecule has 1 N–H and O–H groups in total. The molecule has 2 aromatic carbocycles. The lowest BCUT2D eigenvalue weighted by atomic mass is 9.88. The number of rotatable bonds is 7. The highest BCUT2D eigenvalue weighted by Crippen LogP contribution is 2.28. The van der Waals surface area contributed by atoms with Crippen molar-refractivity contribution in [2.45, 2.75) is 44.6 Å². The van der Waals surface area contributed by atoms with Gasteiger partial charge in [-0.05, 0) is 50.9 Å². The van der Waals surface area contributed by atoms with Crippen molar-refractivity contribution >= 4 is 5.91 Å². The number of hydrogen-bond acceptors (Lipinski definition) is 2. The lowest BCUT2D eigenvalue weighted by Gasteiger charge is -2.35. The molecule has 1 amide bonds. The third-order valence-corrected chi connectivity index (χ3v) is 5.47. The number of nitrogens with one attached hydrogen (secondary N) is 1. The highest BCUT2D eigenvalue weighted by atomic mass is 16.1. The first-order chi connectivity index (χ1) is 12.6. The summed E-state index contributed by atoms with van der Waals surface area (Å²) in [7, 11) is 0. The van der Waals surface area contributed by atoms with Crippen LogP contribution in [0.3, 0.4) is 0 Å². The van der Waals surface area contributed by atoms with Crippen molar-refractivity contribution in [2.24, 2.45) is 0 Å². The molecule has 3 nitrogen and oxygen atoms in total. The maximum atomic E-state index is 12.7. The minimum Gasteiger partial charge on any atom is -0.354 e. The van der Waals surface area contributed by atoms with E-state index in [2.05, 4.69) is 48.3 Å². The van der Waals surface area contributed by atoms with Crippen LogP contribution >= 0.6 is 0 Å². The molecule has 1 aliphatic rings. The first-order valence-corrected chi connectivity index (χ1v) is 9.68. The predicted molar refractivity (Wildman–Crippen MR) is 107 cm³/mol. The van der Waals surface area contributed by atoms with Gasteiger partial charge in [0.2, 0.25) is 5.91 Å². The third-order valence-electron chi connectivity index (χ3n) is 5.47. The van der Waals surface area contributed by atoms with E-state index < -0.39 is 0 Å². The van der Waals surface area contributed by atoms with E-state index in [1.54, 1.807) is 0 Å². The second-order valence-corrected chi connectivity index (χ2v) is 7.86. The average Bonchev–Trinajstić information content (AvgIpc) is 3.22. The zero-order valence-corrected chi connectivity index (χ0v) is 15.9. The number of hydrogen-bond donors (Lipinski definition) is 1. The smallest absolute Gasteiger partial charge is 0.221 e. The van der Waals surface area contributed by atoms with E-state index in [0.717, 1.165) is 13.1 Å². The molecule has 0 aromatic heterocycles. The van der Waals surface area contributed by atoms with Crippen LogP contribution in [-0.2, 0) is 4.79 Å². The molecule has 0 aliphatic carbocycles. The van der Waals surface area contributed by atoms with Gasteiger partial charge < -0.3 is 5.32 Å². The summed E-state index contributed by atoms with van der Waals surface area (Å²) < 4.78 is 0. The van der Waals surface area contributed by atoms with E-state index in [0.29, 0.717) is 13.0 Å². The van der Waals surface area contributed by atoms with Crippen molar-refractivity contribution in [3.63, 3.8) is 0 Å². The fourth-order valence-corrected chi connectivity index (χ4v) is 3.81. The van der Waals surface area contributed by atoms with E-state index >= 15 is 0 Å². The highest BCUT2D eigenvalue weighted by molar-refractivity contribution is 5.77. The average molecular weight is 351 g/mol. The molecule has 0 bridgehead atoms. The van der Waals surface area contributed by atoms with Gasteiger partial charge in [0.1, 0.15) is 0 Å². The minimum atomic E-state index is 0.0150. The zero-order valence-electron chi connectivity index (χ0n) is 15.9. The molecular formula is C23H30N2O. The standard InChI is InChI=1S/C23H30N2O/c1-23(2,25-15-9-10-16-25)18-24-22(26)17-21(19-11-5-3-6-12-19)20-13-7-4-8-14-20/h3-8,11-14,21H,9-10,15-18H2,1-2H3,(H,24,26). The lowest BCUT2D eigenvalue weighted by molar-refractivity contribution is -0.121. The fraction of sp³-hybridized carbons (Fsp3) is 0.435. The van der Waals surface area contributed by atoms with Gasteiger partial charge in [0.15, 0.2) is 0 Å². The van der Waals surface area contributed by atoms with Crippen LogP contribution in [0.2, 0.25) is 0 Å². The Labute approximate surface area is 157 Å². The predicted octanol–water partition coefficient (Wildman–Crippen LogP) is 4.20. The van der Waals surface area contributed by atoms with Gasteiger partial charge in [-0.15, -0.1) is 0 Å². The summed E-state index contributed by atoms with van der Waals surface area (Å²) in [6, 6.07) is 20.6. The Morgan fingerprint density at radius 3 is 1.96 bits per heavy atom. The van der Waals surface area contributed by atoms with E-state index in [1.165, 1.54) is 24.0 Å². The molecule has 3 rings (SSSR count). The number of carbonyl (C=O) groups is 1. The molecule has 1 fully saturated rings. The van der Waals surface area contributed by atoms with E-state index in [1.807, 2.05) is 36.4 Å². The summed E-state index contributed by atoms with van der Waals surface area (Å²) in [6.07, 6.45) is 3.01. The molecule has 0 atom stereocenters. The van der Waals surface area contributed by atoms with Gasteiger partial charge in [-0.3, -0.25) is 9.69 Å². The Kier molecular flexibility index (Phi) is 6.10. The van der Waals surface area contributed by atoms with Crippen molar-refractivity contribution < 1.29 is 4.79 Å². The van der Waals surface area contributed by atoms with Gasteiger partial charge in [-0.25, -0.2) is 0 Å². The van der Waals surface area contributed by atoms with Crippen molar-refractivity contribution in [2.75, 3.05) is 19.6 Å². The van der Waals surface area contributed by atoms with Gasteiger partial charge >= 0.3 is 0 Å². The first-order valence-electron chi connectivity index (χ1n) is 9.68. The molecule has 0 unspecified atom stereocenters. The maximum absolute atomic E-state index is 12.7. The fourth-order valence-electron chi connectivity index (χ4n) is 3.81. The van der Waals surface area contributed by atoms with E-state index in [4.69, 9.17) is 0 Å². The Hall–Kier alpha value is -2.13. The van der Waals surface area contributed by atoms with Crippen molar-refractivity contribution in [3.05, 3.63) is 71.8 Å².